The van der Waals surface area contributed by atoms with Gasteiger partial charge in [0.1, 0.15) is 11.8 Å². The molecular formula is C25H31F5NO5P. The van der Waals surface area contributed by atoms with E-state index < -0.39 is 54.6 Å². The van der Waals surface area contributed by atoms with Gasteiger partial charge >= 0.3 is 13.7 Å². The van der Waals surface area contributed by atoms with E-state index in [1.165, 1.54) is 19.1 Å². The van der Waals surface area contributed by atoms with Crippen molar-refractivity contribution >= 4 is 13.7 Å². The number of rotatable bonds is 10. The van der Waals surface area contributed by atoms with Crippen LogP contribution in [0.1, 0.15) is 60.5 Å². The van der Waals surface area contributed by atoms with Crippen LogP contribution in [0.15, 0.2) is 24.3 Å². The standard InChI is InChI=1S/C25H31F5NO5P/c1-8-25(6,7)13-34-23(32)14(2)31-37(33,35-16-11-9-15(10-12-16)24(3,4)5)36-22-20(29)18(27)17(26)19(28)21(22)30/h9-12,14H,8,13H2,1-7H3,(H,31,33)/t14-,37?/m0/s1. The molecule has 0 saturated carbocycles. The van der Waals surface area contributed by atoms with E-state index in [1.54, 1.807) is 12.1 Å². The van der Waals surface area contributed by atoms with E-state index in [0.29, 0.717) is 6.42 Å². The van der Waals surface area contributed by atoms with Crippen molar-refractivity contribution in [3.63, 3.8) is 0 Å². The fourth-order valence-corrected chi connectivity index (χ4v) is 4.32. The van der Waals surface area contributed by atoms with E-state index in [0.717, 1.165) is 5.56 Å². The van der Waals surface area contributed by atoms with E-state index in [2.05, 4.69) is 5.09 Å². The van der Waals surface area contributed by atoms with Gasteiger partial charge in [0.2, 0.25) is 34.8 Å². The highest BCUT2D eigenvalue weighted by Crippen LogP contribution is 2.48. The minimum Gasteiger partial charge on any atom is -0.464 e. The number of carbonyl (C=O) groups is 1. The molecule has 0 radical (unpaired) electrons. The molecule has 2 atom stereocenters. The Morgan fingerprint density at radius 3 is 1.84 bits per heavy atom. The number of halogens is 5. The molecule has 2 rings (SSSR count). The van der Waals surface area contributed by atoms with Crippen LogP contribution in [0.25, 0.3) is 0 Å². The van der Waals surface area contributed by atoms with E-state index in [1.807, 2.05) is 41.5 Å². The van der Waals surface area contributed by atoms with Gasteiger partial charge in [-0.05, 0) is 41.9 Å². The van der Waals surface area contributed by atoms with Gasteiger partial charge in [-0.15, -0.1) is 0 Å². The fraction of sp³-hybridized carbons (Fsp3) is 0.480. The van der Waals surface area contributed by atoms with Crippen molar-refractivity contribution in [2.45, 2.75) is 66.3 Å². The zero-order valence-corrected chi connectivity index (χ0v) is 22.6. The van der Waals surface area contributed by atoms with Gasteiger partial charge in [-0.3, -0.25) is 4.79 Å². The number of carbonyl (C=O) groups excluding carboxylic acids is 1. The first-order chi connectivity index (χ1) is 16.9. The summed E-state index contributed by atoms with van der Waals surface area (Å²) in [5.41, 5.74) is 0.242. The third-order valence-electron chi connectivity index (χ3n) is 5.59. The Balaban J connectivity index is 2.43. The normalized spacial score (nSPS) is 14.6. The first-order valence-electron chi connectivity index (χ1n) is 11.5. The second-order valence-corrected chi connectivity index (χ2v) is 11.9. The van der Waals surface area contributed by atoms with Gasteiger partial charge in [0.25, 0.3) is 0 Å². The van der Waals surface area contributed by atoms with Crippen molar-refractivity contribution in [1.82, 2.24) is 5.09 Å². The van der Waals surface area contributed by atoms with E-state index >= 15 is 0 Å². The number of hydrogen-bond donors (Lipinski definition) is 1. The third-order valence-corrected chi connectivity index (χ3v) is 7.17. The third kappa shape index (κ3) is 7.68. The van der Waals surface area contributed by atoms with Crippen LogP contribution in [-0.4, -0.2) is 18.6 Å². The largest absolute Gasteiger partial charge is 0.513 e. The van der Waals surface area contributed by atoms with Crippen LogP contribution in [0, 0.1) is 34.5 Å². The van der Waals surface area contributed by atoms with Crippen LogP contribution in [0.2, 0.25) is 0 Å². The van der Waals surface area contributed by atoms with E-state index in [4.69, 9.17) is 13.8 Å². The van der Waals surface area contributed by atoms with Crippen molar-refractivity contribution in [2.75, 3.05) is 6.61 Å². The highest BCUT2D eigenvalue weighted by atomic mass is 31.2. The second-order valence-electron chi connectivity index (χ2n) is 10.3. The van der Waals surface area contributed by atoms with Gasteiger partial charge in [0, 0.05) is 0 Å². The molecule has 0 saturated heterocycles. The summed E-state index contributed by atoms with van der Waals surface area (Å²) in [6.07, 6.45) is 0.678. The van der Waals surface area contributed by atoms with Crippen molar-refractivity contribution in [3.05, 3.63) is 58.9 Å². The van der Waals surface area contributed by atoms with Gasteiger partial charge in [0.05, 0.1) is 6.61 Å². The Kier molecular flexibility index (Phi) is 9.41. The molecule has 0 bridgehead atoms. The number of nitrogens with one attached hydrogen (secondary N) is 1. The van der Waals surface area contributed by atoms with Crippen molar-refractivity contribution < 1.29 is 45.1 Å². The topological polar surface area (TPSA) is 73.9 Å². The van der Waals surface area contributed by atoms with Crippen molar-refractivity contribution in [1.29, 1.82) is 0 Å². The van der Waals surface area contributed by atoms with Crippen LogP contribution < -0.4 is 14.1 Å². The molecule has 0 fully saturated rings. The quantitative estimate of drug-likeness (QED) is 0.111. The maximum absolute atomic E-state index is 14.3. The summed E-state index contributed by atoms with van der Waals surface area (Å²) < 4.78 is 98.4. The lowest BCUT2D eigenvalue weighted by Crippen LogP contribution is -2.37. The van der Waals surface area contributed by atoms with E-state index in [9.17, 15) is 31.3 Å². The summed E-state index contributed by atoms with van der Waals surface area (Å²) in [6, 6.07) is 4.59. The molecule has 0 aliphatic rings. The van der Waals surface area contributed by atoms with Gasteiger partial charge in [-0.2, -0.15) is 13.9 Å². The molecule has 6 nitrogen and oxygen atoms in total. The SMILES string of the molecule is CCC(C)(C)COC(=O)[C@H](C)NP(=O)(Oc1ccc(C(C)(C)C)cc1)Oc1c(F)c(F)c(F)c(F)c1F. The Bertz CT molecular complexity index is 1150. The molecule has 0 amide bonds. The predicted molar refractivity (Wildman–Crippen MR) is 128 cm³/mol. The maximum Gasteiger partial charge on any atom is 0.513 e. The minimum absolute atomic E-state index is 0.00623. The lowest BCUT2D eigenvalue weighted by molar-refractivity contribution is -0.148. The molecule has 0 spiro atoms. The molecule has 2 aromatic carbocycles. The summed E-state index contributed by atoms with van der Waals surface area (Å²) in [7, 11) is -5.00. The van der Waals surface area contributed by atoms with E-state index in [-0.39, 0.29) is 23.2 Å². The first-order valence-corrected chi connectivity index (χ1v) is 13.0. The highest BCUT2D eigenvalue weighted by molar-refractivity contribution is 7.52. The summed E-state index contributed by atoms with van der Waals surface area (Å²) >= 11 is 0. The van der Waals surface area contributed by atoms with Crippen LogP contribution in [0.4, 0.5) is 22.0 Å². The summed E-state index contributed by atoms with van der Waals surface area (Å²) in [5, 5.41) is 2.16. The predicted octanol–water partition coefficient (Wildman–Crippen LogP) is 7.20. The Hall–Kier alpha value is -2.65. The summed E-state index contributed by atoms with van der Waals surface area (Å²) in [6.45, 7) is 12.6. The molecule has 206 valence electrons. The molecular weight excluding hydrogens is 520 g/mol. The number of hydrogen-bond acceptors (Lipinski definition) is 5. The van der Waals surface area contributed by atoms with Crippen LogP contribution in [0.5, 0.6) is 11.5 Å². The molecule has 12 heteroatoms. The molecule has 2 aromatic rings. The lowest BCUT2D eigenvalue weighted by atomic mass is 9.87. The molecule has 0 heterocycles. The van der Waals surface area contributed by atoms with Crippen LogP contribution in [0.3, 0.4) is 0 Å². The van der Waals surface area contributed by atoms with Crippen LogP contribution >= 0.6 is 7.75 Å². The van der Waals surface area contributed by atoms with Gasteiger partial charge < -0.3 is 13.8 Å². The number of esters is 1. The highest BCUT2D eigenvalue weighted by Gasteiger charge is 2.38. The second kappa shape index (κ2) is 11.4. The van der Waals surface area contributed by atoms with Crippen molar-refractivity contribution in [3.8, 4) is 11.5 Å². The van der Waals surface area contributed by atoms with Gasteiger partial charge in [0.15, 0.2) is 0 Å². The van der Waals surface area contributed by atoms with Crippen LogP contribution in [-0.2, 0) is 19.5 Å². The summed E-state index contributed by atoms with van der Waals surface area (Å²) in [4.78, 5) is 12.5. The average Bonchev–Trinajstić information content (AvgIpc) is 2.82. The van der Waals surface area contributed by atoms with Crippen molar-refractivity contribution in [2.24, 2.45) is 5.41 Å². The molecule has 0 aliphatic heterocycles. The number of ether oxygens (including phenoxy) is 1. The first kappa shape index (κ1) is 30.6. The molecule has 1 N–H and O–H groups in total. The van der Waals surface area contributed by atoms with Gasteiger partial charge in [-0.1, -0.05) is 53.7 Å². The zero-order valence-electron chi connectivity index (χ0n) is 21.7. The minimum atomic E-state index is -5.00. The summed E-state index contributed by atoms with van der Waals surface area (Å²) in [5.74, 6) is -14.6. The molecule has 1 unspecified atom stereocenters. The Morgan fingerprint density at radius 2 is 1.38 bits per heavy atom. The Morgan fingerprint density at radius 1 is 0.892 bits per heavy atom. The fourth-order valence-electron chi connectivity index (χ4n) is 2.79. The monoisotopic (exact) mass is 551 g/mol. The molecule has 37 heavy (non-hydrogen) atoms. The molecule has 0 aromatic heterocycles. The number of benzene rings is 2. The zero-order chi connectivity index (χ0) is 28.3. The van der Waals surface area contributed by atoms with Gasteiger partial charge in [-0.25, -0.2) is 17.7 Å². The maximum atomic E-state index is 14.3. The average molecular weight is 551 g/mol. The smallest absolute Gasteiger partial charge is 0.464 e. The lowest BCUT2D eigenvalue weighted by Gasteiger charge is -2.26. The molecule has 0 aliphatic carbocycles. The Labute approximate surface area is 213 Å².